The zero-order chi connectivity index (χ0) is 56.9. The fourth-order valence-corrected chi connectivity index (χ4v) is 18.2. The van der Waals surface area contributed by atoms with Gasteiger partial charge in [-0.05, 0) is 183 Å². The fraction of sp³-hybridized carbons (Fsp3) is 0.165. The number of anilines is 10. The van der Waals surface area contributed by atoms with E-state index in [0.29, 0.717) is 12.1 Å². The Morgan fingerprint density at radius 3 is 1.36 bits per heavy atom. The summed E-state index contributed by atoms with van der Waals surface area (Å²) in [6, 6.07) is 96.2. The lowest BCUT2D eigenvalue weighted by Crippen LogP contribution is -2.64. The van der Waals surface area contributed by atoms with Crippen molar-refractivity contribution in [3.05, 3.63) is 254 Å². The maximum absolute atomic E-state index is 2.94. The second kappa shape index (κ2) is 19.3. The Labute approximate surface area is 511 Å². The number of nitrogens with zero attached hydrogens (tertiary/aromatic N) is 4. The van der Waals surface area contributed by atoms with Gasteiger partial charge in [0.2, 0.25) is 6.71 Å². The quantitative estimate of drug-likeness (QED) is 0.147. The Bertz CT molecular complexity index is 4440. The van der Waals surface area contributed by atoms with Crippen LogP contribution in [-0.4, -0.2) is 25.5 Å². The summed E-state index contributed by atoms with van der Waals surface area (Å²) in [6.45, 7) is 7.05. The molecule has 11 aromatic rings. The maximum atomic E-state index is 2.94. The molecule has 7 heteroatoms. The molecular formula is C79H64B2N4S. The molecule has 2 aliphatic carbocycles. The largest absolute Gasteiger partial charge is 0.365 e. The lowest BCUT2D eigenvalue weighted by Gasteiger charge is -2.57. The van der Waals surface area contributed by atoms with Crippen molar-refractivity contribution >= 4 is 115 Å². The highest BCUT2D eigenvalue weighted by Gasteiger charge is 2.50. The lowest BCUT2D eigenvalue weighted by molar-refractivity contribution is 0.0900. The number of rotatable bonds is 7. The first-order chi connectivity index (χ1) is 42.3. The van der Waals surface area contributed by atoms with Gasteiger partial charge in [-0.15, -0.1) is 0 Å². The predicted molar refractivity (Wildman–Crippen MR) is 365 cm³/mol. The summed E-state index contributed by atoms with van der Waals surface area (Å²) in [5.74, 6) is 1.70. The molecule has 6 heterocycles. The summed E-state index contributed by atoms with van der Waals surface area (Å²) < 4.78 is 0. The summed E-state index contributed by atoms with van der Waals surface area (Å²) in [5.41, 5.74) is 29.1. The van der Waals surface area contributed by atoms with E-state index in [4.69, 9.17) is 0 Å². The van der Waals surface area contributed by atoms with Gasteiger partial charge in [-0.2, -0.15) is 0 Å². The van der Waals surface area contributed by atoms with Crippen LogP contribution in [0.2, 0.25) is 0 Å². The molecule has 8 aliphatic rings. The molecule has 0 spiro atoms. The molecule has 0 amide bonds. The molecule has 0 unspecified atom stereocenters. The van der Waals surface area contributed by atoms with Crippen LogP contribution in [0.4, 0.5) is 56.9 Å². The van der Waals surface area contributed by atoms with Crippen molar-refractivity contribution in [3.63, 3.8) is 0 Å². The number of para-hydroxylation sites is 4. The van der Waals surface area contributed by atoms with E-state index < -0.39 is 0 Å². The van der Waals surface area contributed by atoms with Crippen molar-refractivity contribution in [2.24, 2.45) is 11.8 Å². The van der Waals surface area contributed by atoms with Gasteiger partial charge in [0.1, 0.15) is 0 Å². The van der Waals surface area contributed by atoms with E-state index in [1.54, 1.807) is 0 Å². The predicted octanol–water partition coefficient (Wildman–Crippen LogP) is 16.6. The number of benzene rings is 11. The van der Waals surface area contributed by atoms with Gasteiger partial charge in [0.15, 0.2) is 0 Å². The van der Waals surface area contributed by atoms with Crippen LogP contribution in [0.5, 0.6) is 0 Å². The summed E-state index contributed by atoms with van der Waals surface area (Å²) >= 11 is 2.02. The summed E-state index contributed by atoms with van der Waals surface area (Å²) in [7, 11) is 0. The van der Waals surface area contributed by atoms with Crippen LogP contribution in [0.25, 0.3) is 33.4 Å². The van der Waals surface area contributed by atoms with Gasteiger partial charge in [-0.1, -0.05) is 208 Å². The molecule has 0 atom stereocenters. The fourth-order valence-electron chi connectivity index (χ4n) is 17.0. The molecule has 19 rings (SSSR count). The summed E-state index contributed by atoms with van der Waals surface area (Å²) in [5, 5.41) is 0. The Morgan fingerprint density at radius 1 is 0.349 bits per heavy atom. The van der Waals surface area contributed by atoms with Crippen LogP contribution < -0.4 is 52.4 Å². The number of fused-ring (bicyclic) bond motifs is 8. The van der Waals surface area contributed by atoms with E-state index in [9.17, 15) is 0 Å². The average Bonchev–Trinajstić information content (AvgIpc) is 0.792. The van der Waals surface area contributed by atoms with Crippen molar-refractivity contribution in [1.29, 1.82) is 0 Å². The first kappa shape index (κ1) is 50.4. The van der Waals surface area contributed by atoms with Crippen molar-refractivity contribution in [3.8, 4) is 33.4 Å². The molecule has 0 N–H and O–H groups in total. The molecule has 4 fully saturated rings. The Morgan fingerprint density at radius 2 is 0.814 bits per heavy atom. The monoisotopic (exact) mass is 1120 g/mol. The molecule has 0 aromatic heterocycles. The summed E-state index contributed by atoms with van der Waals surface area (Å²) in [6.07, 6.45) is 6.63. The molecule has 4 bridgehead atoms. The smallest absolute Gasteiger partial charge is 0.252 e. The number of piperidine rings is 2. The third kappa shape index (κ3) is 7.72. The summed E-state index contributed by atoms with van der Waals surface area (Å²) in [4.78, 5) is 13.5. The third-order valence-electron chi connectivity index (χ3n) is 20.4. The minimum absolute atomic E-state index is 0.0243. The van der Waals surface area contributed by atoms with Gasteiger partial charge in [-0.25, -0.2) is 0 Å². The van der Waals surface area contributed by atoms with Crippen LogP contribution in [-0.2, 0) is 5.41 Å². The number of hydrogen-bond donors (Lipinski definition) is 0. The minimum Gasteiger partial charge on any atom is -0.365 e. The van der Waals surface area contributed by atoms with E-state index in [1.165, 1.54) is 170 Å². The second-order valence-corrected chi connectivity index (χ2v) is 27.5. The highest BCUT2D eigenvalue weighted by molar-refractivity contribution is 8.00. The highest BCUT2D eigenvalue weighted by Crippen LogP contribution is 2.56. The van der Waals surface area contributed by atoms with Crippen LogP contribution in [0.15, 0.2) is 259 Å². The third-order valence-corrected chi connectivity index (χ3v) is 21.6. The molecule has 2 saturated carbocycles. The van der Waals surface area contributed by atoms with Crippen LogP contribution in [0.3, 0.4) is 0 Å². The maximum Gasteiger partial charge on any atom is 0.252 e. The van der Waals surface area contributed by atoms with Crippen LogP contribution >= 0.6 is 11.8 Å². The normalized spacial score (nSPS) is 18.9. The van der Waals surface area contributed by atoms with Gasteiger partial charge in [0.05, 0.1) is 5.69 Å². The second-order valence-electron chi connectivity index (χ2n) is 26.4. The van der Waals surface area contributed by atoms with Crippen molar-refractivity contribution < 1.29 is 0 Å². The molecule has 4 nitrogen and oxygen atoms in total. The minimum atomic E-state index is -0.114. The van der Waals surface area contributed by atoms with Gasteiger partial charge in [0.25, 0.3) is 6.71 Å². The molecule has 86 heavy (non-hydrogen) atoms. The number of hydrogen-bond acceptors (Lipinski definition) is 5. The van der Waals surface area contributed by atoms with Crippen LogP contribution in [0.1, 0.15) is 58.4 Å². The lowest BCUT2D eigenvalue weighted by atomic mass is 9.31. The van der Waals surface area contributed by atoms with Gasteiger partial charge >= 0.3 is 0 Å². The van der Waals surface area contributed by atoms with Crippen molar-refractivity contribution in [1.82, 2.24) is 0 Å². The molecule has 412 valence electrons. The standard InChI is InChI=1S/C79H64B2N4S/c1-79(2,3)56-44-71-76-72(45-56)84(58-31-17-8-18-32-58)70-49-74-67(48-66(70)80(76)64-33-19-21-35-68(64)83(71)57-29-15-7-16-30-57)81-65-34-20-22-36-69(65)85(73-46-61(47-75(86-74)77(73)81)82-59-38-50-37-51(40-59)41-60(82)39-50)78-62(53-25-11-5-12-26-53)42-55(52-23-9-4-10-24-52)43-63(78)54-27-13-6-14-28-54/h4-36,42-51,59-60H,37-41H2,1-3H3. The topological polar surface area (TPSA) is 13.0 Å². The van der Waals surface area contributed by atoms with Gasteiger partial charge < -0.3 is 19.6 Å². The molecule has 11 aromatic carbocycles. The van der Waals surface area contributed by atoms with Crippen molar-refractivity contribution in [2.45, 2.75) is 80.2 Å². The first-order valence-corrected chi connectivity index (χ1v) is 32.1. The average molecular weight is 1120 g/mol. The van der Waals surface area contributed by atoms with E-state index in [0.717, 1.165) is 11.8 Å². The van der Waals surface area contributed by atoms with Gasteiger partial charge in [0, 0.05) is 84.2 Å². The zero-order valence-electron chi connectivity index (χ0n) is 48.9. The van der Waals surface area contributed by atoms with E-state index in [1.807, 2.05) is 11.8 Å². The molecule has 0 radical (unpaired) electrons. The SMILES string of the molecule is CC(C)(C)c1cc2c3c(c1)N(c1ccccc1)c1cc4c(cc1B3c1ccccc1N2c1ccccc1)B1c2ccccc2N(c2c(-c3ccccc3)cc(-c3ccccc3)cc2-c2ccccc2)c2cc(N3C5CC6CC(C5)CC3C6)cc(c21)S4. The Hall–Kier alpha value is -8.90. The van der Waals surface area contributed by atoms with Crippen LogP contribution in [0, 0.1) is 11.8 Å². The first-order valence-electron chi connectivity index (χ1n) is 31.3. The van der Waals surface area contributed by atoms with Gasteiger partial charge in [-0.3, -0.25) is 0 Å². The molecule has 6 aliphatic heterocycles. The Kier molecular flexibility index (Phi) is 11.3. The van der Waals surface area contributed by atoms with E-state index in [2.05, 4.69) is 289 Å². The Balaban J connectivity index is 0.920. The van der Waals surface area contributed by atoms with Crippen molar-refractivity contribution in [2.75, 3.05) is 19.6 Å². The molecular weight excluding hydrogens is 1060 g/mol. The molecule has 2 saturated heterocycles. The zero-order valence-corrected chi connectivity index (χ0v) is 49.7. The highest BCUT2D eigenvalue weighted by atomic mass is 32.2. The van der Waals surface area contributed by atoms with E-state index in [-0.39, 0.29) is 18.8 Å². The van der Waals surface area contributed by atoms with E-state index >= 15 is 0 Å².